The van der Waals surface area contributed by atoms with Crippen molar-refractivity contribution in [1.82, 2.24) is 0 Å². The lowest BCUT2D eigenvalue weighted by molar-refractivity contribution is -0.137. The van der Waals surface area contributed by atoms with Gasteiger partial charge in [0.1, 0.15) is 16.5 Å². The molecule has 0 heterocycles. The van der Waals surface area contributed by atoms with Crippen molar-refractivity contribution in [1.29, 1.82) is 0 Å². The molecule has 2 rings (SSSR count). The number of halogens is 1. The van der Waals surface area contributed by atoms with Crippen molar-refractivity contribution < 1.29 is 27.4 Å². The summed E-state index contributed by atoms with van der Waals surface area (Å²) in [7, 11) is -2.35. The van der Waals surface area contributed by atoms with Gasteiger partial charge in [0.05, 0.1) is 13.5 Å². The summed E-state index contributed by atoms with van der Waals surface area (Å²) in [4.78, 5) is 10.6. The molecule has 5 nitrogen and oxygen atoms in total. The number of benzene rings is 1. The minimum atomic E-state index is -3.71. The maximum atomic E-state index is 14.1. The molecule has 0 bridgehead atoms. The highest BCUT2D eigenvalue weighted by Gasteiger charge is 2.36. The molecule has 0 aliphatic heterocycles. The average Bonchev–Trinajstić information content (AvgIpc) is 3.18. The summed E-state index contributed by atoms with van der Waals surface area (Å²) < 4.78 is 42.3. The molecule has 1 aliphatic carbocycles. The normalized spacial score (nSPS) is 16.5. The van der Waals surface area contributed by atoms with Gasteiger partial charge in [-0.15, -0.1) is 0 Å². The van der Waals surface area contributed by atoms with Gasteiger partial charge in [-0.3, -0.25) is 4.79 Å². The molecule has 7 heteroatoms. The fourth-order valence-corrected chi connectivity index (χ4v) is 3.25. The van der Waals surface area contributed by atoms with Crippen LogP contribution in [0.15, 0.2) is 17.0 Å². The zero-order valence-electron chi connectivity index (χ0n) is 11.8. The molecule has 0 radical (unpaired) electrons. The van der Waals surface area contributed by atoms with E-state index in [1.807, 2.05) is 0 Å². The van der Waals surface area contributed by atoms with Gasteiger partial charge in [0.25, 0.3) is 0 Å². The molecule has 0 spiro atoms. The van der Waals surface area contributed by atoms with Crippen molar-refractivity contribution in [3.8, 4) is 5.75 Å². The Balaban J connectivity index is 2.52. The van der Waals surface area contributed by atoms with E-state index in [-0.39, 0.29) is 24.0 Å². The number of hydrogen-bond donors (Lipinski definition) is 1. The molecule has 116 valence electrons. The van der Waals surface area contributed by atoms with Crippen LogP contribution in [-0.4, -0.2) is 32.9 Å². The number of rotatable bonds is 6. The number of carbonyl (C=O) groups is 1. The number of sulfone groups is 1. The Morgan fingerprint density at radius 1 is 1.48 bits per heavy atom. The predicted molar refractivity (Wildman–Crippen MR) is 73.8 cm³/mol. The van der Waals surface area contributed by atoms with Crippen LogP contribution in [0.1, 0.15) is 30.7 Å². The Bertz CT molecular complexity index is 664. The minimum absolute atomic E-state index is 0.126. The van der Waals surface area contributed by atoms with Crippen LogP contribution in [0.5, 0.6) is 5.75 Å². The van der Waals surface area contributed by atoms with Crippen molar-refractivity contribution in [2.75, 3.05) is 13.4 Å². The number of aliphatic carboxylic acids is 1. The summed E-state index contributed by atoms with van der Waals surface area (Å²) in [5.74, 6) is -1.81. The van der Waals surface area contributed by atoms with Gasteiger partial charge in [-0.2, -0.15) is 0 Å². The van der Waals surface area contributed by atoms with Crippen molar-refractivity contribution >= 4 is 15.8 Å². The first-order chi connectivity index (χ1) is 9.74. The smallest absolute Gasteiger partial charge is 0.303 e. The zero-order valence-corrected chi connectivity index (χ0v) is 12.6. The monoisotopic (exact) mass is 316 g/mol. The lowest BCUT2D eigenvalue weighted by Gasteiger charge is -2.19. The van der Waals surface area contributed by atoms with Crippen molar-refractivity contribution in [2.24, 2.45) is 5.92 Å². The van der Waals surface area contributed by atoms with Crippen LogP contribution in [0, 0.1) is 11.7 Å². The van der Waals surface area contributed by atoms with Gasteiger partial charge in [0, 0.05) is 23.8 Å². The molecule has 1 saturated carbocycles. The lowest BCUT2D eigenvalue weighted by atomic mass is 9.90. The van der Waals surface area contributed by atoms with E-state index < -0.39 is 26.5 Å². The van der Waals surface area contributed by atoms with Gasteiger partial charge in [-0.1, -0.05) is 0 Å². The third-order valence-corrected chi connectivity index (χ3v) is 4.78. The Morgan fingerprint density at radius 2 is 2.10 bits per heavy atom. The molecule has 1 fully saturated rings. The van der Waals surface area contributed by atoms with Crippen LogP contribution in [0.25, 0.3) is 0 Å². The molecular weight excluding hydrogens is 299 g/mol. The molecular formula is C14H17FO5S. The highest BCUT2D eigenvalue weighted by atomic mass is 32.2. The Kier molecular flexibility index (Phi) is 4.22. The van der Waals surface area contributed by atoms with Crippen LogP contribution in [0.4, 0.5) is 4.39 Å². The van der Waals surface area contributed by atoms with Crippen LogP contribution < -0.4 is 4.74 Å². The summed E-state index contributed by atoms with van der Waals surface area (Å²) in [5.41, 5.74) is 0.423. The van der Waals surface area contributed by atoms with Crippen LogP contribution in [0.3, 0.4) is 0 Å². The third-order valence-electron chi connectivity index (χ3n) is 3.67. The highest BCUT2D eigenvalue weighted by molar-refractivity contribution is 7.90. The molecule has 1 N–H and O–H groups in total. The standard InChI is InChI=1S/C14H17FO5S/c1-20-12-7-13(21(2,18)19)11(15)5-10(12)9(6-14(16)17)8-3-4-8/h5,7-9H,3-4,6H2,1-2H3,(H,16,17). The van der Waals surface area contributed by atoms with E-state index >= 15 is 0 Å². The van der Waals surface area contributed by atoms with Gasteiger partial charge in [0.2, 0.25) is 0 Å². The molecule has 0 saturated heterocycles. The summed E-state index contributed by atoms with van der Waals surface area (Å²) >= 11 is 0. The number of methoxy groups -OCH3 is 1. The van der Waals surface area contributed by atoms with E-state index in [4.69, 9.17) is 9.84 Å². The molecule has 0 aromatic heterocycles. The van der Waals surface area contributed by atoms with E-state index in [0.717, 1.165) is 31.2 Å². The second-order valence-corrected chi connectivity index (χ2v) is 7.32. The summed E-state index contributed by atoms with van der Waals surface area (Å²) in [6.45, 7) is 0. The zero-order chi connectivity index (χ0) is 15.8. The van der Waals surface area contributed by atoms with Crippen LogP contribution >= 0.6 is 0 Å². The molecule has 1 aromatic carbocycles. The first kappa shape index (κ1) is 15.8. The second-order valence-electron chi connectivity index (χ2n) is 5.34. The number of ether oxygens (including phenoxy) is 1. The topological polar surface area (TPSA) is 80.7 Å². The number of carboxylic acids is 1. The van der Waals surface area contributed by atoms with Crippen molar-refractivity contribution in [2.45, 2.75) is 30.1 Å². The molecule has 0 amide bonds. The Labute approximate surface area is 122 Å². The minimum Gasteiger partial charge on any atom is -0.496 e. The largest absolute Gasteiger partial charge is 0.496 e. The molecule has 1 aliphatic rings. The summed E-state index contributed by atoms with van der Waals surface area (Å²) in [6, 6.07) is 2.23. The fraction of sp³-hybridized carbons (Fsp3) is 0.500. The quantitative estimate of drug-likeness (QED) is 0.870. The van der Waals surface area contributed by atoms with E-state index in [2.05, 4.69) is 0 Å². The van der Waals surface area contributed by atoms with E-state index in [1.54, 1.807) is 0 Å². The molecule has 1 unspecified atom stereocenters. The molecule has 1 atom stereocenters. The maximum absolute atomic E-state index is 14.1. The number of hydrogen-bond acceptors (Lipinski definition) is 4. The van der Waals surface area contributed by atoms with E-state index in [0.29, 0.717) is 5.56 Å². The fourth-order valence-electron chi connectivity index (χ4n) is 2.52. The first-order valence-electron chi connectivity index (χ1n) is 6.53. The predicted octanol–water partition coefficient (Wildman–Crippen LogP) is 2.21. The van der Waals surface area contributed by atoms with E-state index in [9.17, 15) is 17.6 Å². The van der Waals surface area contributed by atoms with Gasteiger partial charge in [0.15, 0.2) is 9.84 Å². The Hall–Kier alpha value is -1.63. The van der Waals surface area contributed by atoms with Gasteiger partial charge in [-0.05, 0) is 24.8 Å². The molecule has 1 aromatic rings. The van der Waals surface area contributed by atoms with Gasteiger partial charge in [-0.25, -0.2) is 12.8 Å². The van der Waals surface area contributed by atoms with Crippen molar-refractivity contribution in [3.63, 3.8) is 0 Å². The van der Waals surface area contributed by atoms with Gasteiger partial charge < -0.3 is 9.84 Å². The first-order valence-corrected chi connectivity index (χ1v) is 8.42. The third kappa shape index (κ3) is 3.53. The second kappa shape index (κ2) is 5.63. The lowest BCUT2D eigenvalue weighted by Crippen LogP contribution is -2.11. The summed E-state index contributed by atoms with van der Waals surface area (Å²) in [6.07, 6.45) is 2.56. The van der Waals surface area contributed by atoms with Gasteiger partial charge >= 0.3 is 5.97 Å². The van der Waals surface area contributed by atoms with Crippen LogP contribution in [-0.2, 0) is 14.6 Å². The van der Waals surface area contributed by atoms with Crippen molar-refractivity contribution in [3.05, 3.63) is 23.5 Å². The maximum Gasteiger partial charge on any atom is 0.303 e. The Morgan fingerprint density at radius 3 is 2.52 bits per heavy atom. The SMILES string of the molecule is COc1cc(S(C)(=O)=O)c(F)cc1C(CC(=O)O)C1CC1. The number of carboxylic acid groups (broad SMARTS) is 1. The average molecular weight is 316 g/mol. The highest BCUT2D eigenvalue weighted by Crippen LogP contribution is 2.47. The summed E-state index contributed by atoms with van der Waals surface area (Å²) in [5, 5.41) is 9.01. The van der Waals surface area contributed by atoms with Crippen LogP contribution in [0.2, 0.25) is 0 Å². The van der Waals surface area contributed by atoms with E-state index in [1.165, 1.54) is 7.11 Å². The molecule has 21 heavy (non-hydrogen) atoms.